The molecule has 1 amide bonds. The topological polar surface area (TPSA) is 92.2 Å². The molecular formula is C18H21N3O4. The number of nitrogens with zero attached hydrogens (tertiary/aromatic N) is 1. The summed E-state index contributed by atoms with van der Waals surface area (Å²) in [7, 11) is 2.88. The summed E-state index contributed by atoms with van der Waals surface area (Å²) in [6, 6.07) is 10.9. The molecule has 25 heavy (non-hydrogen) atoms. The Morgan fingerprint density at radius 3 is 2.48 bits per heavy atom. The zero-order chi connectivity index (χ0) is 18.2. The van der Waals surface area contributed by atoms with E-state index in [1.807, 2.05) is 31.2 Å². The van der Waals surface area contributed by atoms with Crippen LogP contribution >= 0.6 is 0 Å². The van der Waals surface area contributed by atoms with Crippen molar-refractivity contribution < 1.29 is 19.4 Å². The Morgan fingerprint density at radius 1 is 1.20 bits per heavy atom. The second-order valence-electron chi connectivity index (χ2n) is 5.29. The third-order valence-corrected chi connectivity index (χ3v) is 3.38. The predicted molar refractivity (Wildman–Crippen MR) is 96.6 cm³/mol. The van der Waals surface area contributed by atoms with Crippen molar-refractivity contribution in [1.82, 2.24) is 5.43 Å². The van der Waals surface area contributed by atoms with E-state index in [2.05, 4.69) is 15.8 Å². The first-order valence-electron chi connectivity index (χ1n) is 7.61. The number of hydrazone groups is 1. The van der Waals surface area contributed by atoms with Crippen LogP contribution < -0.4 is 20.2 Å². The first kappa shape index (κ1) is 18.1. The largest absolute Gasteiger partial charge is 0.502 e. The molecule has 3 N–H and O–H groups in total. The van der Waals surface area contributed by atoms with Crippen LogP contribution in [0, 0.1) is 6.92 Å². The molecule has 0 atom stereocenters. The summed E-state index contributed by atoms with van der Waals surface area (Å²) in [5.74, 6) is 0.144. The van der Waals surface area contributed by atoms with Gasteiger partial charge in [-0.3, -0.25) is 4.79 Å². The highest BCUT2D eigenvalue weighted by Crippen LogP contribution is 2.36. The van der Waals surface area contributed by atoms with E-state index < -0.39 is 0 Å². The van der Waals surface area contributed by atoms with Crippen LogP contribution in [-0.2, 0) is 4.79 Å². The van der Waals surface area contributed by atoms with E-state index in [1.165, 1.54) is 20.4 Å². The summed E-state index contributed by atoms with van der Waals surface area (Å²) in [6.45, 7) is 2.08. The summed E-state index contributed by atoms with van der Waals surface area (Å²) in [6.07, 6.45) is 1.44. The summed E-state index contributed by atoms with van der Waals surface area (Å²) in [5.41, 5.74) is 5.02. The molecule has 0 saturated heterocycles. The second kappa shape index (κ2) is 8.58. The highest BCUT2D eigenvalue weighted by molar-refractivity contribution is 5.85. The van der Waals surface area contributed by atoms with Crippen molar-refractivity contribution in [2.45, 2.75) is 6.92 Å². The van der Waals surface area contributed by atoms with Crippen molar-refractivity contribution >= 4 is 17.8 Å². The van der Waals surface area contributed by atoms with Crippen LogP contribution in [0.2, 0.25) is 0 Å². The Balaban J connectivity index is 1.93. The van der Waals surface area contributed by atoms with Gasteiger partial charge in [-0.2, -0.15) is 5.10 Å². The first-order chi connectivity index (χ1) is 12.0. The quantitative estimate of drug-likeness (QED) is 0.530. The van der Waals surface area contributed by atoms with Gasteiger partial charge >= 0.3 is 0 Å². The molecule has 2 aromatic rings. The van der Waals surface area contributed by atoms with Gasteiger partial charge in [0.2, 0.25) is 5.75 Å². The third-order valence-electron chi connectivity index (χ3n) is 3.38. The molecule has 7 heteroatoms. The average molecular weight is 343 g/mol. The van der Waals surface area contributed by atoms with Crippen molar-refractivity contribution in [2.24, 2.45) is 5.10 Å². The molecule has 0 aromatic heterocycles. The monoisotopic (exact) mass is 343 g/mol. The Hall–Kier alpha value is -3.22. The van der Waals surface area contributed by atoms with Gasteiger partial charge in [0.05, 0.1) is 27.0 Å². The summed E-state index contributed by atoms with van der Waals surface area (Å²) in [4.78, 5) is 11.8. The molecule has 0 saturated carbocycles. The molecule has 0 aliphatic rings. The predicted octanol–water partition coefficient (Wildman–Crippen LogP) is 2.28. The first-order valence-corrected chi connectivity index (χ1v) is 7.61. The molecule has 7 nitrogen and oxygen atoms in total. The van der Waals surface area contributed by atoms with Crippen LogP contribution in [0.3, 0.4) is 0 Å². The molecule has 0 aliphatic heterocycles. The molecular weight excluding hydrogens is 322 g/mol. The summed E-state index contributed by atoms with van der Waals surface area (Å²) < 4.78 is 10.1. The number of aryl methyl sites for hydroxylation is 1. The number of hydrogen-bond acceptors (Lipinski definition) is 6. The maximum atomic E-state index is 11.8. The van der Waals surface area contributed by atoms with Crippen LogP contribution in [0.15, 0.2) is 41.5 Å². The summed E-state index contributed by atoms with van der Waals surface area (Å²) in [5, 5.41) is 16.8. The molecule has 2 aromatic carbocycles. The number of ether oxygens (including phenoxy) is 2. The fourth-order valence-electron chi connectivity index (χ4n) is 2.14. The van der Waals surface area contributed by atoms with Gasteiger partial charge in [0, 0.05) is 11.3 Å². The molecule has 0 unspecified atom stereocenters. The molecule has 0 radical (unpaired) electrons. The van der Waals surface area contributed by atoms with Gasteiger partial charge in [-0.15, -0.1) is 0 Å². The number of phenolic OH excluding ortho intramolecular Hbond substituents is 1. The van der Waals surface area contributed by atoms with Crippen LogP contribution in [0.1, 0.15) is 11.1 Å². The van der Waals surface area contributed by atoms with Gasteiger partial charge in [0.15, 0.2) is 11.5 Å². The Bertz CT molecular complexity index is 750. The number of methoxy groups -OCH3 is 2. The molecule has 0 spiro atoms. The van der Waals surface area contributed by atoms with E-state index in [1.54, 1.807) is 12.1 Å². The second-order valence-corrected chi connectivity index (χ2v) is 5.29. The number of carbonyl (C=O) groups excluding carboxylic acids is 1. The minimum absolute atomic E-state index is 0.0893. The summed E-state index contributed by atoms with van der Waals surface area (Å²) >= 11 is 0. The van der Waals surface area contributed by atoms with Gasteiger partial charge < -0.3 is 19.9 Å². The molecule has 0 bridgehead atoms. The number of amides is 1. The van der Waals surface area contributed by atoms with E-state index in [-0.39, 0.29) is 29.7 Å². The number of phenols is 1. The van der Waals surface area contributed by atoms with Gasteiger partial charge in [-0.25, -0.2) is 5.43 Å². The van der Waals surface area contributed by atoms with E-state index in [0.29, 0.717) is 5.56 Å². The number of rotatable bonds is 7. The zero-order valence-electron chi connectivity index (χ0n) is 14.4. The number of hydrogen-bond donors (Lipinski definition) is 3. The number of carbonyl (C=O) groups is 1. The van der Waals surface area contributed by atoms with E-state index in [0.717, 1.165) is 11.3 Å². The standard InChI is InChI=1S/C18H21N3O4/c1-12-5-4-6-14(7-12)19-11-17(22)21-20-10-13-8-15(24-2)18(23)16(9-13)25-3/h4-10,19,23H,11H2,1-3H3,(H,21,22)/b20-10-. The van der Waals surface area contributed by atoms with Crippen LogP contribution in [0.5, 0.6) is 17.2 Å². The van der Waals surface area contributed by atoms with Gasteiger partial charge in [-0.05, 0) is 36.8 Å². The van der Waals surface area contributed by atoms with Crippen LogP contribution in [0.25, 0.3) is 0 Å². The Morgan fingerprint density at radius 2 is 1.88 bits per heavy atom. The van der Waals surface area contributed by atoms with Crippen LogP contribution in [-0.4, -0.2) is 38.0 Å². The third kappa shape index (κ3) is 5.13. The maximum Gasteiger partial charge on any atom is 0.259 e. The zero-order valence-corrected chi connectivity index (χ0v) is 14.4. The highest BCUT2D eigenvalue weighted by Gasteiger charge is 2.10. The Labute approximate surface area is 146 Å². The lowest BCUT2D eigenvalue weighted by Crippen LogP contribution is -2.25. The molecule has 0 heterocycles. The lowest BCUT2D eigenvalue weighted by Gasteiger charge is -2.09. The van der Waals surface area contributed by atoms with E-state index in [4.69, 9.17) is 9.47 Å². The highest BCUT2D eigenvalue weighted by atomic mass is 16.5. The minimum Gasteiger partial charge on any atom is -0.502 e. The lowest BCUT2D eigenvalue weighted by molar-refractivity contribution is -0.119. The minimum atomic E-state index is -0.282. The van der Waals surface area contributed by atoms with Crippen LogP contribution in [0.4, 0.5) is 5.69 Å². The van der Waals surface area contributed by atoms with E-state index in [9.17, 15) is 9.90 Å². The van der Waals surface area contributed by atoms with Crippen molar-refractivity contribution in [1.29, 1.82) is 0 Å². The van der Waals surface area contributed by atoms with Crippen molar-refractivity contribution in [3.8, 4) is 17.2 Å². The lowest BCUT2D eigenvalue weighted by atomic mass is 10.2. The number of nitrogens with one attached hydrogen (secondary N) is 2. The van der Waals surface area contributed by atoms with Gasteiger partial charge in [0.25, 0.3) is 5.91 Å². The molecule has 2 rings (SSSR count). The fraction of sp³-hybridized carbons (Fsp3) is 0.222. The SMILES string of the molecule is COc1cc(/C=N\NC(=O)CNc2cccc(C)c2)cc(OC)c1O. The Kier molecular flexibility index (Phi) is 6.22. The van der Waals surface area contributed by atoms with Crippen molar-refractivity contribution in [3.05, 3.63) is 47.5 Å². The normalized spacial score (nSPS) is 10.5. The molecule has 0 fully saturated rings. The number of aromatic hydroxyl groups is 1. The number of anilines is 1. The smallest absolute Gasteiger partial charge is 0.259 e. The fourth-order valence-corrected chi connectivity index (χ4v) is 2.14. The number of benzene rings is 2. The maximum absolute atomic E-state index is 11.8. The molecule has 132 valence electrons. The van der Waals surface area contributed by atoms with Crippen molar-refractivity contribution in [2.75, 3.05) is 26.1 Å². The van der Waals surface area contributed by atoms with E-state index >= 15 is 0 Å². The van der Waals surface area contributed by atoms with Gasteiger partial charge in [0.1, 0.15) is 0 Å². The van der Waals surface area contributed by atoms with Gasteiger partial charge in [-0.1, -0.05) is 12.1 Å². The van der Waals surface area contributed by atoms with Crippen molar-refractivity contribution in [3.63, 3.8) is 0 Å². The average Bonchev–Trinajstić information content (AvgIpc) is 2.61. The molecule has 0 aliphatic carbocycles.